The Morgan fingerprint density at radius 2 is 1.97 bits per heavy atom. The molecule has 34 heavy (non-hydrogen) atoms. The van der Waals surface area contributed by atoms with Crippen LogP contribution in [0.3, 0.4) is 0 Å². The second kappa shape index (κ2) is 10.5. The van der Waals surface area contributed by atoms with Crippen molar-refractivity contribution in [3.63, 3.8) is 0 Å². The maximum atomic E-state index is 12.7. The number of amides is 1. The number of carbonyl (C=O) groups excluding carboxylic acids is 1. The molecule has 1 aromatic carbocycles. The van der Waals surface area contributed by atoms with E-state index < -0.39 is 11.9 Å². The van der Waals surface area contributed by atoms with E-state index in [1.165, 1.54) is 12.3 Å². The van der Waals surface area contributed by atoms with Crippen molar-refractivity contribution < 1.29 is 22.7 Å². The Morgan fingerprint density at radius 3 is 2.65 bits per heavy atom. The predicted octanol–water partition coefficient (Wildman–Crippen LogP) is 4.70. The molecule has 0 saturated carbocycles. The summed E-state index contributed by atoms with van der Waals surface area (Å²) in [5.41, 5.74) is 0.715. The van der Waals surface area contributed by atoms with Crippen LogP contribution in [-0.2, 0) is 17.5 Å². The van der Waals surface area contributed by atoms with Gasteiger partial charge in [-0.3, -0.25) is 9.69 Å². The fourth-order valence-electron chi connectivity index (χ4n) is 3.87. The third-order valence-electron chi connectivity index (χ3n) is 5.62. The molecule has 3 heterocycles. The number of aromatic nitrogens is 2. The third kappa shape index (κ3) is 6.51. The zero-order chi connectivity index (χ0) is 24.1. The SMILES string of the molecule is O=C(COc1cccc(Cl)c1)NC1CCN(Cc2ccn(-c3ccc(C(F)(F)F)nc3)c2)CC1. The van der Waals surface area contributed by atoms with Gasteiger partial charge in [0.25, 0.3) is 5.91 Å². The number of alkyl halides is 3. The summed E-state index contributed by atoms with van der Waals surface area (Å²) < 4.78 is 45.3. The summed E-state index contributed by atoms with van der Waals surface area (Å²) in [6.07, 6.45) is 2.13. The highest BCUT2D eigenvalue weighted by Crippen LogP contribution is 2.27. The zero-order valence-corrected chi connectivity index (χ0v) is 19.0. The number of carbonyl (C=O) groups is 1. The molecule has 180 valence electrons. The lowest BCUT2D eigenvalue weighted by Gasteiger charge is -2.32. The van der Waals surface area contributed by atoms with Gasteiger partial charge in [0, 0.05) is 43.1 Å². The van der Waals surface area contributed by atoms with Gasteiger partial charge < -0.3 is 14.6 Å². The van der Waals surface area contributed by atoms with Crippen molar-refractivity contribution in [2.45, 2.75) is 31.6 Å². The van der Waals surface area contributed by atoms with E-state index in [9.17, 15) is 18.0 Å². The molecule has 10 heteroatoms. The molecule has 3 aromatic rings. The minimum absolute atomic E-state index is 0.0626. The Balaban J connectivity index is 1.21. The quantitative estimate of drug-likeness (QED) is 0.519. The van der Waals surface area contributed by atoms with Crippen molar-refractivity contribution in [2.24, 2.45) is 0 Å². The van der Waals surface area contributed by atoms with Gasteiger partial charge in [0.05, 0.1) is 11.9 Å². The fraction of sp³-hybridized carbons (Fsp3) is 0.333. The Morgan fingerprint density at radius 1 is 1.18 bits per heavy atom. The highest BCUT2D eigenvalue weighted by atomic mass is 35.5. The zero-order valence-electron chi connectivity index (χ0n) is 18.3. The number of hydrogen-bond donors (Lipinski definition) is 1. The van der Waals surface area contributed by atoms with E-state index in [2.05, 4.69) is 15.2 Å². The van der Waals surface area contributed by atoms with Crippen LogP contribution in [0.25, 0.3) is 5.69 Å². The van der Waals surface area contributed by atoms with E-state index in [0.717, 1.165) is 44.1 Å². The second-order valence-corrected chi connectivity index (χ2v) is 8.63. The fourth-order valence-corrected chi connectivity index (χ4v) is 4.05. The molecular formula is C24H24ClF3N4O2. The summed E-state index contributed by atoms with van der Waals surface area (Å²) in [7, 11) is 0. The van der Waals surface area contributed by atoms with Crippen LogP contribution >= 0.6 is 11.6 Å². The normalized spacial score (nSPS) is 15.3. The lowest BCUT2D eigenvalue weighted by Crippen LogP contribution is -2.45. The topological polar surface area (TPSA) is 59.4 Å². The minimum Gasteiger partial charge on any atom is -0.484 e. The molecule has 0 unspecified atom stereocenters. The maximum Gasteiger partial charge on any atom is 0.433 e. The van der Waals surface area contributed by atoms with Crippen LogP contribution in [0.5, 0.6) is 5.75 Å². The molecular weight excluding hydrogens is 469 g/mol. The number of nitrogens with one attached hydrogen (secondary N) is 1. The van der Waals surface area contributed by atoms with E-state index >= 15 is 0 Å². The molecule has 0 spiro atoms. The first kappa shape index (κ1) is 24.1. The number of ether oxygens (including phenoxy) is 1. The van der Waals surface area contributed by atoms with Crippen molar-refractivity contribution in [3.05, 3.63) is 77.3 Å². The number of pyridine rings is 1. The largest absolute Gasteiger partial charge is 0.484 e. The van der Waals surface area contributed by atoms with Gasteiger partial charge in [0.1, 0.15) is 11.4 Å². The van der Waals surface area contributed by atoms with E-state index in [1.54, 1.807) is 28.8 Å². The van der Waals surface area contributed by atoms with Gasteiger partial charge in [-0.05, 0) is 54.8 Å². The summed E-state index contributed by atoms with van der Waals surface area (Å²) in [6.45, 7) is 2.31. The number of benzene rings is 1. The van der Waals surface area contributed by atoms with E-state index in [0.29, 0.717) is 16.5 Å². The van der Waals surface area contributed by atoms with E-state index in [4.69, 9.17) is 16.3 Å². The summed E-state index contributed by atoms with van der Waals surface area (Å²) in [4.78, 5) is 18.0. The van der Waals surface area contributed by atoms with Gasteiger partial charge in [0.2, 0.25) is 0 Å². The summed E-state index contributed by atoms with van der Waals surface area (Å²) in [5.74, 6) is 0.386. The van der Waals surface area contributed by atoms with Crippen LogP contribution in [0, 0.1) is 0 Å². The van der Waals surface area contributed by atoms with Crippen molar-refractivity contribution in [1.82, 2.24) is 19.8 Å². The average molecular weight is 493 g/mol. The molecule has 2 aromatic heterocycles. The average Bonchev–Trinajstić information content (AvgIpc) is 3.27. The van der Waals surface area contributed by atoms with E-state index in [-0.39, 0.29) is 18.6 Å². The van der Waals surface area contributed by atoms with Gasteiger partial charge in [-0.25, -0.2) is 4.98 Å². The second-order valence-electron chi connectivity index (χ2n) is 8.19. The molecule has 1 saturated heterocycles. The van der Waals surface area contributed by atoms with Crippen molar-refractivity contribution in [2.75, 3.05) is 19.7 Å². The summed E-state index contributed by atoms with van der Waals surface area (Å²) >= 11 is 5.91. The molecule has 0 aliphatic carbocycles. The molecule has 1 aliphatic rings. The smallest absolute Gasteiger partial charge is 0.433 e. The van der Waals surface area contributed by atoms with Crippen molar-refractivity contribution in [3.8, 4) is 11.4 Å². The first-order chi connectivity index (χ1) is 16.3. The lowest BCUT2D eigenvalue weighted by atomic mass is 10.0. The maximum absolute atomic E-state index is 12.7. The van der Waals surface area contributed by atoms with Crippen LogP contribution in [0.1, 0.15) is 24.1 Å². The molecule has 6 nitrogen and oxygen atoms in total. The standard InChI is InChI=1S/C24H24ClF3N4O2/c25-18-2-1-3-21(12-18)34-16-23(33)30-19-7-9-31(10-8-19)14-17-6-11-32(15-17)20-4-5-22(29-13-20)24(26,27)28/h1-6,11-13,15,19H,7-10,14,16H2,(H,30,33). The Hall–Kier alpha value is -3.04. The van der Waals surface area contributed by atoms with Gasteiger partial charge in [-0.15, -0.1) is 0 Å². The molecule has 1 fully saturated rings. The van der Waals surface area contributed by atoms with Crippen LogP contribution in [0.4, 0.5) is 13.2 Å². The van der Waals surface area contributed by atoms with Crippen LogP contribution in [-0.4, -0.2) is 46.1 Å². The summed E-state index contributed by atoms with van der Waals surface area (Å²) in [5, 5.41) is 3.57. The Bertz CT molecular complexity index is 1110. The molecule has 0 bridgehead atoms. The molecule has 1 aliphatic heterocycles. The van der Waals surface area contributed by atoms with E-state index in [1.807, 2.05) is 18.5 Å². The number of piperidine rings is 1. The third-order valence-corrected chi connectivity index (χ3v) is 5.85. The summed E-state index contributed by atoms with van der Waals surface area (Å²) in [6, 6.07) is 11.3. The number of hydrogen-bond acceptors (Lipinski definition) is 4. The molecule has 0 atom stereocenters. The van der Waals surface area contributed by atoms with Gasteiger partial charge in [0.15, 0.2) is 6.61 Å². The Kier molecular flexibility index (Phi) is 7.43. The van der Waals surface area contributed by atoms with Gasteiger partial charge >= 0.3 is 6.18 Å². The highest BCUT2D eigenvalue weighted by molar-refractivity contribution is 6.30. The minimum atomic E-state index is -4.45. The number of nitrogens with zero attached hydrogens (tertiary/aromatic N) is 3. The predicted molar refractivity (Wildman–Crippen MR) is 122 cm³/mol. The van der Waals surface area contributed by atoms with Gasteiger partial charge in [-0.1, -0.05) is 17.7 Å². The van der Waals surface area contributed by atoms with Crippen molar-refractivity contribution >= 4 is 17.5 Å². The monoisotopic (exact) mass is 492 g/mol. The highest BCUT2D eigenvalue weighted by Gasteiger charge is 2.32. The first-order valence-electron chi connectivity index (χ1n) is 10.9. The van der Waals surface area contributed by atoms with Crippen molar-refractivity contribution in [1.29, 1.82) is 0 Å². The molecule has 0 radical (unpaired) electrons. The molecule has 1 N–H and O–H groups in total. The van der Waals surface area contributed by atoms with Gasteiger partial charge in [-0.2, -0.15) is 13.2 Å². The Labute approximate surface area is 200 Å². The van der Waals surface area contributed by atoms with Crippen LogP contribution in [0.2, 0.25) is 5.02 Å². The molecule has 4 rings (SSSR count). The number of likely N-dealkylation sites (tertiary alicyclic amines) is 1. The number of rotatable bonds is 7. The number of halogens is 4. The first-order valence-corrected chi connectivity index (χ1v) is 11.2. The van der Waals surface area contributed by atoms with Crippen LogP contribution < -0.4 is 10.1 Å². The lowest BCUT2D eigenvalue weighted by molar-refractivity contribution is -0.141. The molecule has 1 amide bonds. The van der Waals surface area contributed by atoms with Crippen LogP contribution in [0.15, 0.2) is 61.1 Å².